The third-order valence-electron chi connectivity index (χ3n) is 3.77. The third kappa shape index (κ3) is 2.46. The SMILES string of the molecule is Bc1ccc2c(c1)c1cc(Br)ccc1n2CC(=O)N(C)C. The Hall–Kier alpha value is -1.75. The van der Waals surface area contributed by atoms with Crippen LogP contribution < -0.4 is 5.46 Å². The third-order valence-corrected chi connectivity index (χ3v) is 4.27. The zero-order valence-electron chi connectivity index (χ0n) is 12.4. The second kappa shape index (κ2) is 5.22. The maximum atomic E-state index is 12.1. The lowest BCUT2D eigenvalue weighted by molar-refractivity contribution is -0.129. The standard InChI is InChI=1S/C16H16BBrN2O/c1-19(2)16(21)9-20-14-5-3-10(17)7-12(14)13-8-11(18)4-6-15(13)20/h3-8H,9,17H2,1-2H3. The predicted molar refractivity (Wildman–Crippen MR) is 94.0 cm³/mol. The molecule has 0 atom stereocenters. The van der Waals surface area contributed by atoms with E-state index in [-0.39, 0.29) is 5.91 Å². The van der Waals surface area contributed by atoms with E-state index >= 15 is 0 Å². The van der Waals surface area contributed by atoms with Gasteiger partial charge < -0.3 is 9.47 Å². The molecule has 0 aliphatic heterocycles. The zero-order chi connectivity index (χ0) is 15.1. The maximum absolute atomic E-state index is 12.1. The van der Waals surface area contributed by atoms with Crippen molar-refractivity contribution in [1.82, 2.24) is 9.47 Å². The minimum absolute atomic E-state index is 0.0947. The Labute approximate surface area is 133 Å². The molecule has 0 spiro atoms. The second-order valence-corrected chi connectivity index (χ2v) is 6.47. The number of amides is 1. The highest BCUT2D eigenvalue weighted by atomic mass is 79.9. The molecule has 0 aliphatic carbocycles. The average Bonchev–Trinajstić information content (AvgIpc) is 2.72. The minimum atomic E-state index is 0.0947. The number of benzene rings is 2. The molecule has 1 heterocycles. The highest BCUT2D eigenvalue weighted by Crippen LogP contribution is 2.30. The van der Waals surface area contributed by atoms with Crippen LogP contribution in [0.3, 0.4) is 0 Å². The van der Waals surface area contributed by atoms with Crippen molar-refractivity contribution >= 4 is 57.0 Å². The fraction of sp³-hybridized carbons (Fsp3) is 0.188. The van der Waals surface area contributed by atoms with E-state index in [1.165, 1.54) is 16.2 Å². The van der Waals surface area contributed by atoms with Crippen LogP contribution in [-0.4, -0.2) is 37.3 Å². The number of hydrogen-bond donors (Lipinski definition) is 0. The van der Waals surface area contributed by atoms with Gasteiger partial charge in [0.25, 0.3) is 0 Å². The average molecular weight is 343 g/mol. The Balaban J connectivity index is 2.32. The zero-order valence-corrected chi connectivity index (χ0v) is 13.9. The molecule has 5 heteroatoms. The van der Waals surface area contributed by atoms with Crippen molar-refractivity contribution in [2.45, 2.75) is 6.54 Å². The number of halogens is 1. The molecule has 0 fully saturated rings. The summed E-state index contributed by atoms with van der Waals surface area (Å²) in [5.74, 6) is 0.0947. The van der Waals surface area contributed by atoms with Crippen LogP contribution in [0.15, 0.2) is 40.9 Å². The molecular weight excluding hydrogens is 327 g/mol. The molecule has 0 saturated carbocycles. The first kappa shape index (κ1) is 14.2. The molecule has 3 nitrogen and oxygen atoms in total. The summed E-state index contributed by atoms with van der Waals surface area (Å²) in [6.07, 6.45) is 0. The summed E-state index contributed by atoms with van der Waals surface area (Å²) in [5.41, 5.74) is 3.42. The smallest absolute Gasteiger partial charge is 0.242 e. The van der Waals surface area contributed by atoms with Gasteiger partial charge in [-0.1, -0.05) is 33.5 Å². The van der Waals surface area contributed by atoms with E-state index in [0.717, 1.165) is 15.5 Å². The van der Waals surface area contributed by atoms with Crippen molar-refractivity contribution in [3.8, 4) is 0 Å². The molecule has 1 aromatic heterocycles. The highest BCUT2D eigenvalue weighted by Gasteiger charge is 2.14. The van der Waals surface area contributed by atoms with Gasteiger partial charge in [-0.25, -0.2) is 0 Å². The van der Waals surface area contributed by atoms with Gasteiger partial charge in [0.05, 0.1) is 0 Å². The number of carbonyl (C=O) groups is 1. The van der Waals surface area contributed by atoms with Crippen molar-refractivity contribution in [3.63, 3.8) is 0 Å². The van der Waals surface area contributed by atoms with Crippen LogP contribution in [0.5, 0.6) is 0 Å². The lowest BCUT2D eigenvalue weighted by Gasteiger charge is -2.12. The van der Waals surface area contributed by atoms with Crippen molar-refractivity contribution in [2.24, 2.45) is 0 Å². The van der Waals surface area contributed by atoms with Crippen LogP contribution in [0.25, 0.3) is 21.8 Å². The monoisotopic (exact) mass is 342 g/mol. The van der Waals surface area contributed by atoms with Gasteiger partial charge in [0.1, 0.15) is 14.4 Å². The fourth-order valence-corrected chi connectivity index (χ4v) is 3.00. The van der Waals surface area contributed by atoms with E-state index in [9.17, 15) is 4.79 Å². The van der Waals surface area contributed by atoms with E-state index < -0.39 is 0 Å². The number of aromatic nitrogens is 1. The molecule has 0 N–H and O–H groups in total. The van der Waals surface area contributed by atoms with E-state index in [4.69, 9.17) is 0 Å². The maximum Gasteiger partial charge on any atom is 0.242 e. The summed E-state index contributed by atoms with van der Waals surface area (Å²) in [6.45, 7) is 0.359. The van der Waals surface area contributed by atoms with Gasteiger partial charge in [0.2, 0.25) is 5.91 Å². The van der Waals surface area contributed by atoms with Gasteiger partial charge in [-0.2, -0.15) is 0 Å². The molecule has 3 aromatic rings. The normalized spacial score (nSPS) is 11.2. The van der Waals surface area contributed by atoms with E-state index in [2.05, 4.69) is 58.7 Å². The summed E-state index contributed by atoms with van der Waals surface area (Å²) in [6, 6.07) is 12.6. The molecule has 0 unspecified atom stereocenters. The van der Waals surface area contributed by atoms with E-state index in [1.54, 1.807) is 19.0 Å². The van der Waals surface area contributed by atoms with E-state index in [1.807, 2.05) is 6.07 Å². The number of rotatable bonds is 2. The fourth-order valence-electron chi connectivity index (χ4n) is 2.64. The molecule has 0 bridgehead atoms. The van der Waals surface area contributed by atoms with Crippen molar-refractivity contribution in [3.05, 3.63) is 40.9 Å². The largest absolute Gasteiger partial charge is 0.347 e. The predicted octanol–water partition coefficient (Wildman–Crippen LogP) is 1.90. The number of likely N-dealkylation sites (N-methyl/N-ethyl adjacent to an activating group) is 1. The summed E-state index contributed by atoms with van der Waals surface area (Å²) in [7, 11) is 5.67. The lowest BCUT2D eigenvalue weighted by Crippen LogP contribution is -2.26. The van der Waals surface area contributed by atoms with Crippen LogP contribution >= 0.6 is 15.9 Å². The molecular formula is C16H16BBrN2O. The highest BCUT2D eigenvalue weighted by molar-refractivity contribution is 9.10. The number of hydrogen-bond acceptors (Lipinski definition) is 1. The van der Waals surface area contributed by atoms with Crippen molar-refractivity contribution in [1.29, 1.82) is 0 Å². The first-order valence-electron chi connectivity index (χ1n) is 6.85. The number of nitrogens with zero attached hydrogens (tertiary/aromatic N) is 2. The Morgan fingerprint density at radius 1 is 1.14 bits per heavy atom. The van der Waals surface area contributed by atoms with Crippen LogP contribution in [0.2, 0.25) is 0 Å². The number of carbonyl (C=O) groups excluding carboxylic acids is 1. The van der Waals surface area contributed by atoms with Gasteiger partial charge in [-0.05, 0) is 24.3 Å². The van der Waals surface area contributed by atoms with Crippen LogP contribution in [-0.2, 0) is 11.3 Å². The molecule has 0 radical (unpaired) electrons. The second-order valence-electron chi connectivity index (χ2n) is 5.56. The summed E-state index contributed by atoms with van der Waals surface area (Å²) in [4.78, 5) is 13.8. The Kier molecular flexibility index (Phi) is 3.53. The number of fused-ring (bicyclic) bond motifs is 3. The van der Waals surface area contributed by atoms with Crippen molar-refractivity contribution in [2.75, 3.05) is 14.1 Å². The first-order valence-corrected chi connectivity index (χ1v) is 7.65. The summed E-state index contributed by atoms with van der Waals surface area (Å²) in [5, 5.41) is 2.37. The Morgan fingerprint density at radius 3 is 2.43 bits per heavy atom. The molecule has 0 saturated heterocycles. The molecule has 1 amide bonds. The van der Waals surface area contributed by atoms with Gasteiger partial charge in [0.15, 0.2) is 0 Å². The van der Waals surface area contributed by atoms with Gasteiger partial charge >= 0.3 is 0 Å². The van der Waals surface area contributed by atoms with Gasteiger partial charge in [-0.3, -0.25) is 4.79 Å². The Morgan fingerprint density at radius 2 is 1.76 bits per heavy atom. The topological polar surface area (TPSA) is 25.2 Å². The van der Waals surface area contributed by atoms with Gasteiger partial charge in [-0.15, -0.1) is 0 Å². The van der Waals surface area contributed by atoms with Crippen molar-refractivity contribution < 1.29 is 4.79 Å². The molecule has 0 aliphatic rings. The first-order chi connectivity index (χ1) is 9.97. The Bertz CT molecular complexity index is 795. The molecule has 106 valence electrons. The minimum Gasteiger partial charge on any atom is -0.347 e. The van der Waals surface area contributed by atoms with Crippen LogP contribution in [0.1, 0.15) is 0 Å². The van der Waals surface area contributed by atoms with E-state index in [0.29, 0.717) is 6.54 Å². The van der Waals surface area contributed by atoms with Crippen LogP contribution in [0.4, 0.5) is 0 Å². The lowest BCUT2D eigenvalue weighted by atomic mass is 9.94. The molecule has 2 aromatic carbocycles. The summed E-state index contributed by atoms with van der Waals surface area (Å²) < 4.78 is 3.15. The van der Waals surface area contributed by atoms with Crippen LogP contribution in [0, 0.1) is 0 Å². The summed E-state index contributed by atoms with van der Waals surface area (Å²) >= 11 is 3.54. The van der Waals surface area contributed by atoms with Gasteiger partial charge in [0, 0.05) is 40.4 Å². The molecule has 3 rings (SSSR count). The quantitative estimate of drug-likeness (QED) is 0.653. The molecule has 21 heavy (non-hydrogen) atoms.